The zero-order valence-electron chi connectivity index (χ0n) is 17.2. The second-order valence-corrected chi connectivity index (χ2v) is 7.52. The molecule has 166 valence electrons. The average molecular weight is 451 g/mol. The zero-order valence-corrected chi connectivity index (χ0v) is 18.0. The van der Waals surface area contributed by atoms with Crippen LogP contribution < -0.4 is 10.1 Å². The lowest BCUT2D eigenvalue weighted by Gasteiger charge is -2.27. The predicted molar refractivity (Wildman–Crippen MR) is 117 cm³/mol. The van der Waals surface area contributed by atoms with Gasteiger partial charge in [-0.2, -0.15) is 0 Å². The minimum absolute atomic E-state index is 0. The number of aromatic nitrogens is 1. The molecule has 0 aliphatic carbocycles. The van der Waals surface area contributed by atoms with Crippen LogP contribution in [-0.2, 0) is 17.6 Å². The molecule has 8 heteroatoms. The minimum Gasteiger partial charge on any atom is -0.489 e. The van der Waals surface area contributed by atoms with E-state index in [2.05, 4.69) is 10.3 Å². The molecule has 2 N–H and O–H groups in total. The van der Waals surface area contributed by atoms with Crippen LogP contribution in [0.15, 0.2) is 36.5 Å². The van der Waals surface area contributed by atoms with Crippen molar-refractivity contribution in [3.05, 3.63) is 64.9 Å². The van der Waals surface area contributed by atoms with Gasteiger partial charge in [0, 0.05) is 28.7 Å². The maximum absolute atomic E-state index is 14.0. The molecular weight excluding hydrogens is 426 g/mol. The molecule has 0 fully saturated rings. The zero-order chi connectivity index (χ0) is 21.1. The van der Waals surface area contributed by atoms with Gasteiger partial charge in [0.25, 0.3) is 0 Å². The highest BCUT2D eigenvalue weighted by atomic mass is 35.5. The molecule has 1 atom stereocenters. The van der Waals surface area contributed by atoms with E-state index in [0.29, 0.717) is 24.2 Å². The monoisotopic (exact) mass is 450 g/mol. The van der Waals surface area contributed by atoms with Crippen molar-refractivity contribution in [3.63, 3.8) is 0 Å². The summed E-state index contributed by atoms with van der Waals surface area (Å²) in [6.45, 7) is 1.11. The van der Waals surface area contributed by atoms with Crippen LogP contribution in [-0.4, -0.2) is 37.3 Å². The van der Waals surface area contributed by atoms with Gasteiger partial charge in [-0.1, -0.05) is 0 Å². The van der Waals surface area contributed by atoms with Crippen molar-refractivity contribution in [1.29, 1.82) is 0 Å². The Labute approximate surface area is 185 Å². The summed E-state index contributed by atoms with van der Waals surface area (Å²) in [5.41, 5.74) is 2.94. The lowest BCUT2D eigenvalue weighted by Crippen LogP contribution is -2.40. The van der Waals surface area contributed by atoms with Gasteiger partial charge in [-0.05, 0) is 68.1 Å². The summed E-state index contributed by atoms with van der Waals surface area (Å²) in [6, 6.07) is 7.43. The van der Waals surface area contributed by atoms with Crippen molar-refractivity contribution >= 4 is 29.3 Å². The first-order valence-corrected chi connectivity index (χ1v) is 10.1. The molecule has 4 rings (SSSR count). The third-order valence-electron chi connectivity index (χ3n) is 5.53. The number of H-pyrrole nitrogens is 1. The van der Waals surface area contributed by atoms with Gasteiger partial charge in [0.05, 0.1) is 12.7 Å². The molecule has 2 heterocycles. The number of carbonyl (C=O) groups is 1. The first-order chi connectivity index (χ1) is 14.6. The van der Waals surface area contributed by atoms with Crippen LogP contribution >= 0.6 is 12.4 Å². The Morgan fingerprint density at radius 1 is 1.26 bits per heavy atom. The first-order valence-electron chi connectivity index (χ1n) is 10.1. The normalized spacial score (nSPS) is 15.1. The third-order valence-corrected chi connectivity index (χ3v) is 5.53. The molecule has 1 aliphatic rings. The molecule has 2 aromatic carbocycles. The van der Waals surface area contributed by atoms with Crippen LogP contribution in [0.25, 0.3) is 10.9 Å². The smallest absolute Gasteiger partial charge is 0.338 e. The Morgan fingerprint density at radius 3 is 2.90 bits per heavy atom. The topological polar surface area (TPSA) is 63.3 Å². The lowest BCUT2D eigenvalue weighted by molar-refractivity contribution is 0.0597. The van der Waals surface area contributed by atoms with Gasteiger partial charge < -0.3 is 19.8 Å². The summed E-state index contributed by atoms with van der Waals surface area (Å²) in [5, 5.41) is 4.35. The van der Waals surface area contributed by atoms with E-state index in [1.54, 1.807) is 12.1 Å². The van der Waals surface area contributed by atoms with Crippen molar-refractivity contribution in [2.45, 2.75) is 31.7 Å². The number of hydrogen-bond donors (Lipinski definition) is 2. The maximum Gasteiger partial charge on any atom is 0.338 e. The Morgan fingerprint density at radius 2 is 2.10 bits per heavy atom. The summed E-state index contributed by atoms with van der Waals surface area (Å²) in [4.78, 5) is 15.2. The summed E-state index contributed by atoms with van der Waals surface area (Å²) >= 11 is 0. The minimum atomic E-state index is -0.495. The number of carbonyl (C=O) groups excluding carboxylic acids is 1. The largest absolute Gasteiger partial charge is 0.489 e. The van der Waals surface area contributed by atoms with E-state index in [1.165, 1.54) is 25.3 Å². The molecule has 1 aromatic heterocycles. The van der Waals surface area contributed by atoms with Gasteiger partial charge in [-0.15, -0.1) is 12.4 Å². The molecular formula is C23H25ClF2N2O3. The Balaban J connectivity index is 0.00000272. The number of unbranched alkanes of at least 4 members (excludes halogenated alkanes) is 1. The van der Waals surface area contributed by atoms with E-state index in [1.807, 2.05) is 6.20 Å². The van der Waals surface area contributed by atoms with Crippen molar-refractivity contribution in [1.82, 2.24) is 10.3 Å². The number of fused-ring (bicyclic) bond motifs is 2. The number of rotatable bonds is 7. The fraction of sp³-hybridized carbons (Fsp3) is 0.348. The molecule has 1 aliphatic heterocycles. The van der Waals surface area contributed by atoms with Gasteiger partial charge in [-0.3, -0.25) is 0 Å². The third kappa shape index (κ3) is 4.99. The van der Waals surface area contributed by atoms with Crippen LogP contribution in [0.1, 0.15) is 34.3 Å². The number of aromatic amines is 1. The average Bonchev–Trinajstić information content (AvgIpc) is 3.15. The van der Waals surface area contributed by atoms with E-state index in [9.17, 15) is 13.6 Å². The highest BCUT2D eigenvalue weighted by Gasteiger charge is 2.27. The molecule has 0 amide bonds. The van der Waals surface area contributed by atoms with E-state index in [-0.39, 0.29) is 30.0 Å². The van der Waals surface area contributed by atoms with Gasteiger partial charge in [0.2, 0.25) is 0 Å². The lowest BCUT2D eigenvalue weighted by atomic mass is 9.96. The fourth-order valence-electron chi connectivity index (χ4n) is 3.98. The van der Waals surface area contributed by atoms with Gasteiger partial charge in [-0.25, -0.2) is 13.6 Å². The second-order valence-electron chi connectivity index (χ2n) is 7.52. The molecule has 0 radical (unpaired) electrons. The molecule has 0 spiro atoms. The van der Waals surface area contributed by atoms with Gasteiger partial charge in [0.15, 0.2) is 11.6 Å². The Bertz CT molecular complexity index is 1070. The van der Waals surface area contributed by atoms with Crippen LogP contribution in [0.2, 0.25) is 0 Å². The second kappa shape index (κ2) is 10.1. The number of hydrogen-bond acceptors (Lipinski definition) is 4. The van der Waals surface area contributed by atoms with Crippen LogP contribution in [0.3, 0.4) is 0 Å². The molecule has 0 unspecified atom stereocenters. The predicted octanol–water partition coefficient (Wildman–Crippen LogP) is 4.57. The number of benzene rings is 2. The van der Waals surface area contributed by atoms with Crippen LogP contribution in [0.5, 0.6) is 5.75 Å². The van der Waals surface area contributed by atoms with Crippen molar-refractivity contribution in [2.75, 3.05) is 20.3 Å². The number of esters is 1. The summed E-state index contributed by atoms with van der Waals surface area (Å²) in [7, 11) is 1.31. The van der Waals surface area contributed by atoms with Gasteiger partial charge in [0.1, 0.15) is 12.4 Å². The first kappa shape index (κ1) is 23.0. The number of methoxy groups -OCH3 is 1. The quantitative estimate of drug-likeness (QED) is 0.409. The van der Waals surface area contributed by atoms with Crippen molar-refractivity contribution in [2.24, 2.45) is 0 Å². The van der Waals surface area contributed by atoms with E-state index in [0.717, 1.165) is 42.3 Å². The molecule has 0 saturated carbocycles. The summed E-state index contributed by atoms with van der Waals surface area (Å²) < 4.78 is 37.9. The number of nitrogens with one attached hydrogen (secondary N) is 2. The fourth-order valence-corrected chi connectivity index (χ4v) is 3.98. The van der Waals surface area contributed by atoms with E-state index in [4.69, 9.17) is 9.47 Å². The van der Waals surface area contributed by atoms with Crippen LogP contribution in [0.4, 0.5) is 8.78 Å². The van der Waals surface area contributed by atoms with Crippen LogP contribution in [0, 0.1) is 11.6 Å². The van der Waals surface area contributed by atoms with Crippen molar-refractivity contribution < 1.29 is 23.0 Å². The molecule has 3 aromatic rings. The molecule has 0 saturated heterocycles. The summed E-state index contributed by atoms with van der Waals surface area (Å²) in [5.74, 6) is -1.05. The maximum atomic E-state index is 14.0. The standard InChI is InChI=1S/C23H24F2N2O3.ClH/c1-29-23(28)17-6-7-20(25)22-19(17)11-16(13-30-22)26-9-3-2-4-14-12-27-21-8-5-15(24)10-18(14)21;/h5-8,10,12,16,26-27H,2-4,9,11,13H2,1H3;1H/t16-;/m0./s1. The van der Waals surface area contributed by atoms with E-state index < -0.39 is 11.8 Å². The number of aryl methyl sites for hydroxylation is 1. The molecule has 0 bridgehead atoms. The SMILES string of the molecule is COC(=O)c1ccc(F)c2c1C[C@H](NCCCCc1c[nH]c3ccc(F)cc13)CO2.Cl. The molecule has 31 heavy (non-hydrogen) atoms. The Hall–Kier alpha value is -2.64. The molecule has 5 nitrogen and oxygen atoms in total. The highest BCUT2D eigenvalue weighted by Crippen LogP contribution is 2.31. The van der Waals surface area contributed by atoms with Crippen molar-refractivity contribution in [3.8, 4) is 5.75 Å². The van der Waals surface area contributed by atoms with E-state index >= 15 is 0 Å². The number of halogens is 3. The summed E-state index contributed by atoms with van der Waals surface area (Å²) in [6.07, 6.45) is 5.17. The highest BCUT2D eigenvalue weighted by molar-refractivity contribution is 5.92. The van der Waals surface area contributed by atoms with Gasteiger partial charge >= 0.3 is 5.97 Å². The number of ether oxygens (including phenoxy) is 2. The Kier molecular flexibility index (Phi) is 7.51.